The Bertz CT molecular complexity index is 1320. The minimum absolute atomic E-state index is 0.0925. The Labute approximate surface area is 188 Å². The fraction of sp³-hybridized carbons (Fsp3) is 0.478. The second-order valence-corrected chi connectivity index (χ2v) is 9.36. The molecule has 3 aromatic heterocycles. The van der Waals surface area contributed by atoms with Crippen LogP contribution in [0.3, 0.4) is 0 Å². The molecular formula is C23H24F2N6O2. The van der Waals surface area contributed by atoms with Crippen LogP contribution in [0.4, 0.5) is 20.3 Å². The zero-order chi connectivity index (χ0) is 22.9. The number of alkyl halides is 2. The number of carbonyl (C=O) groups is 1. The summed E-state index contributed by atoms with van der Waals surface area (Å²) in [5.74, 6) is 0.666. The Morgan fingerprint density at radius 3 is 2.91 bits per heavy atom. The van der Waals surface area contributed by atoms with Crippen LogP contribution in [-0.4, -0.2) is 56.0 Å². The van der Waals surface area contributed by atoms with Gasteiger partial charge in [0.15, 0.2) is 5.65 Å². The fourth-order valence-corrected chi connectivity index (χ4v) is 5.29. The van der Waals surface area contributed by atoms with Crippen molar-refractivity contribution >= 4 is 23.1 Å². The number of carbonyl (C=O) groups excluding carboxylic acids is 1. The number of nitrogens with zero attached hydrogens (tertiary/aromatic N) is 6. The van der Waals surface area contributed by atoms with Crippen LogP contribution in [0.1, 0.15) is 41.1 Å². The summed E-state index contributed by atoms with van der Waals surface area (Å²) in [5, 5.41) is 4.28. The molecule has 3 aromatic rings. The van der Waals surface area contributed by atoms with Gasteiger partial charge in [0.05, 0.1) is 5.56 Å². The number of piperidine rings is 1. The smallest absolute Gasteiger partial charge is 0.338 e. The first-order chi connectivity index (χ1) is 15.9. The van der Waals surface area contributed by atoms with Crippen molar-refractivity contribution in [2.24, 2.45) is 18.9 Å². The number of hydrogen-bond donors (Lipinski definition) is 0. The van der Waals surface area contributed by atoms with Crippen LogP contribution < -0.4 is 10.6 Å². The van der Waals surface area contributed by atoms with Crippen molar-refractivity contribution in [2.45, 2.75) is 31.6 Å². The highest BCUT2D eigenvalue weighted by Gasteiger charge is 2.46. The van der Waals surface area contributed by atoms with Crippen molar-refractivity contribution in [3.8, 4) is 0 Å². The standard InChI is InChI=1S/C23H24F2N6O2/c1-28-23(33)30-6-4-16(9-19(30)27-28)31-12-15-8-17(15)18-7-14(10-26-21(18)31)22(32)29-5-2-3-13(11-29)20(24)25/h4,6-7,9-10,13,15,17,20H,2-3,5,8,11-12H2,1H3. The van der Waals surface area contributed by atoms with E-state index in [4.69, 9.17) is 0 Å². The summed E-state index contributed by atoms with van der Waals surface area (Å²) in [5.41, 5.74) is 2.73. The zero-order valence-electron chi connectivity index (χ0n) is 18.2. The van der Waals surface area contributed by atoms with Crippen molar-refractivity contribution in [1.82, 2.24) is 24.1 Å². The summed E-state index contributed by atoms with van der Waals surface area (Å²) in [4.78, 5) is 33.5. The van der Waals surface area contributed by atoms with Crippen molar-refractivity contribution < 1.29 is 13.6 Å². The van der Waals surface area contributed by atoms with E-state index in [0.29, 0.717) is 42.4 Å². The number of aromatic nitrogens is 4. The molecule has 0 N–H and O–H groups in total. The first-order valence-corrected chi connectivity index (χ1v) is 11.3. The van der Waals surface area contributed by atoms with E-state index in [9.17, 15) is 18.4 Å². The second kappa shape index (κ2) is 7.36. The third-order valence-electron chi connectivity index (χ3n) is 7.20. The predicted octanol–water partition coefficient (Wildman–Crippen LogP) is 2.80. The summed E-state index contributed by atoms with van der Waals surface area (Å²) < 4.78 is 29.2. The van der Waals surface area contributed by atoms with Gasteiger partial charge in [0.25, 0.3) is 5.91 Å². The molecule has 5 heterocycles. The minimum Gasteiger partial charge on any atom is -0.338 e. The molecular weight excluding hydrogens is 430 g/mol. The molecule has 10 heteroatoms. The summed E-state index contributed by atoms with van der Waals surface area (Å²) >= 11 is 0. The van der Waals surface area contributed by atoms with E-state index in [1.165, 1.54) is 9.08 Å². The summed E-state index contributed by atoms with van der Waals surface area (Å²) in [6.07, 6.45) is 2.95. The van der Waals surface area contributed by atoms with Crippen LogP contribution in [0.25, 0.3) is 5.65 Å². The van der Waals surface area contributed by atoms with Crippen LogP contribution in [0.2, 0.25) is 0 Å². The monoisotopic (exact) mass is 454 g/mol. The van der Waals surface area contributed by atoms with E-state index in [1.54, 1.807) is 24.3 Å². The molecule has 1 saturated heterocycles. The maximum absolute atomic E-state index is 13.2. The Kier molecular flexibility index (Phi) is 4.53. The van der Waals surface area contributed by atoms with Crippen LogP contribution in [0.5, 0.6) is 0 Å². The van der Waals surface area contributed by atoms with E-state index in [0.717, 1.165) is 30.0 Å². The lowest BCUT2D eigenvalue weighted by molar-refractivity contribution is 0.0253. The van der Waals surface area contributed by atoms with Gasteiger partial charge in [-0.05, 0) is 48.8 Å². The molecule has 1 aliphatic carbocycles. The molecule has 0 aromatic carbocycles. The quantitative estimate of drug-likeness (QED) is 0.609. The van der Waals surface area contributed by atoms with Gasteiger partial charge >= 0.3 is 5.69 Å². The maximum atomic E-state index is 13.2. The summed E-state index contributed by atoms with van der Waals surface area (Å²) in [6, 6.07) is 5.64. The predicted molar refractivity (Wildman–Crippen MR) is 117 cm³/mol. The van der Waals surface area contributed by atoms with Crippen LogP contribution in [-0.2, 0) is 7.05 Å². The van der Waals surface area contributed by atoms with Crippen molar-refractivity contribution in [3.05, 3.63) is 52.2 Å². The number of amides is 1. The highest BCUT2D eigenvalue weighted by Crippen LogP contribution is 2.55. The Hall–Kier alpha value is -3.30. The van der Waals surface area contributed by atoms with E-state index < -0.39 is 12.3 Å². The van der Waals surface area contributed by atoms with Crippen LogP contribution in [0.15, 0.2) is 35.4 Å². The molecule has 0 bridgehead atoms. The number of pyridine rings is 2. The number of halogens is 2. The van der Waals surface area contributed by atoms with E-state index in [1.807, 2.05) is 18.2 Å². The molecule has 33 heavy (non-hydrogen) atoms. The van der Waals surface area contributed by atoms with Crippen LogP contribution in [0, 0.1) is 11.8 Å². The van der Waals surface area contributed by atoms with Gasteiger partial charge in [0, 0.05) is 56.7 Å². The number of anilines is 2. The number of aryl methyl sites for hydroxylation is 1. The topological polar surface area (TPSA) is 75.7 Å². The molecule has 8 nitrogen and oxygen atoms in total. The molecule has 172 valence electrons. The Morgan fingerprint density at radius 1 is 1.24 bits per heavy atom. The highest BCUT2D eigenvalue weighted by atomic mass is 19.3. The van der Waals surface area contributed by atoms with Gasteiger partial charge in [-0.3, -0.25) is 9.20 Å². The fourth-order valence-electron chi connectivity index (χ4n) is 5.29. The third-order valence-corrected chi connectivity index (χ3v) is 7.20. The lowest BCUT2D eigenvalue weighted by Gasteiger charge is -2.33. The van der Waals surface area contributed by atoms with Gasteiger partial charge < -0.3 is 9.80 Å². The lowest BCUT2D eigenvalue weighted by Crippen LogP contribution is -2.42. The summed E-state index contributed by atoms with van der Waals surface area (Å²) in [7, 11) is 1.62. The van der Waals surface area contributed by atoms with Crippen molar-refractivity contribution in [3.63, 3.8) is 0 Å². The molecule has 2 aliphatic heterocycles. The normalized spacial score (nSPS) is 24.2. The van der Waals surface area contributed by atoms with Gasteiger partial charge in [-0.1, -0.05) is 0 Å². The average molecular weight is 454 g/mol. The van der Waals surface area contributed by atoms with E-state index in [2.05, 4.69) is 15.0 Å². The maximum Gasteiger partial charge on any atom is 0.350 e. The second-order valence-electron chi connectivity index (χ2n) is 9.36. The largest absolute Gasteiger partial charge is 0.350 e. The average Bonchev–Trinajstić information content (AvgIpc) is 3.56. The Morgan fingerprint density at radius 2 is 2.09 bits per heavy atom. The zero-order valence-corrected chi connectivity index (χ0v) is 18.2. The van der Waals surface area contributed by atoms with Gasteiger partial charge in [-0.15, -0.1) is 0 Å². The van der Waals surface area contributed by atoms with E-state index in [-0.39, 0.29) is 18.1 Å². The minimum atomic E-state index is -2.41. The molecule has 3 unspecified atom stereocenters. The molecule has 1 saturated carbocycles. The number of hydrogen-bond acceptors (Lipinski definition) is 5. The number of likely N-dealkylation sites (tertiary alicyclic amines) is 1. The first-order valence-electron chi connectivity index (χ1n) is 11.3. The Balaban J connectivity index is 1.32. The molecule has 3 atom stereocenters. The van der Waals surface area contributed by atoms with Crippen LogP contribution >= 0.6 is 0 Å². The van der Waals surface area contributed by atoms with Gasteiger partial charge in [0.2, 0.25) is 6.43 Å². The molecule has 6 rings (SSSR count). The molecule has 0 spiro atoms. The third kappa shape index (κ3) is 3.30. The molecule has 3 aliphatic rings. The number of fused-ring (bicyclic) bond motifs is 4. The van der Waals surface area contributed by atoms with Gasteiger partial charge in [0.1, 0.15) is 5.82 Å². The number of rotatable bonds is 3. The van der Waals surface area contributed by atoms with Crippen molar-refractivity contribution in [1.29, 1.82) is 0 Å². The highest BCUT2D eigenvalue weighted by molar-refractivity contribution is 5.95. The lowest BCUT2D eigenvalue weighted by atomic mass is 9.97. The molecule has 2 fully saturated rings. The molecule has 1 amide bonds. The van der Waals surface area contributed by atoms with E-state index >= 15 is 0 Å². The van der Waals surface area contributed by atoms with Crippen molar-refractivity contribution in [2.75, 3.05) is 24.5 Å². The SMILES string of the molecule is Cn1nc2cc(N3CC4CC4c4cc(C(=O)N5CCCC(C(F)F)C5)cnc43)ccn2c1=O. The van der Waals surface area contributed by atoms with Gasteiger partial charge in [-0.25, -0.2) is 23.2 Å². The summed E-state index contributed by atoms with van der Waals surface area (Å²) in [6.45, 7) is 1.41. The molecule has 0 radical (unpaired) electrons. The first kappa shape index (κ1) is 20.3. The van der Waals surface area contributed by atoms with Gasteiger partial charge in [-0.2, -0.15) is 5.10 Å².